The molecular formula is C24H25FN2O3. The highest BCUT2D eigenvalue weighted by Gasteiger charge is 2.28. The molecule has 1 aromatic heterocycles. The van der Waals surface area contributed by atoms with Crippen molar-refractivity contribution in [3.63, 3.8) is 0 Å². The normalized spacial score (nSPS) is 14.8. The van der Waals surface area contributed by atoms with E-state index < -0.39 is 0 Å². The summed E-state index contributed by atoms with van der Waals surface area (Å²) in [5.41, 5.74) is 2.32. The van der Waals surface area contributed by atoms with E-state index in [0.717, 1.165) is 12.0 Å². The Morgan fingerprint density at radius 1 is 1.13 bits per heavy atom. The number of aryl methyl sites for hydroxylation is 2. The van der Waals surface area contributed by atoms with Gasteiger partial charge < -0.3 is 14.6 Å². The number of hydrogen-bond donors (Lipinski definition) is 1. The number of rotatable bonds is 5. The minimum Gasteiger partial charge on any atom is -0.451 e. The molecule has 0 saturated carbocycles. The number of furan rings is 1. The standard InChI is InChI=1S/C24H25FN2O3/c1-16-20-15-18(25)8-9-21(20)30-23(16)24(29)27-13-11-19(12-14-27)26-22(28)10-7-17-5-3-2-4-6-17/h2-6,8-9,15,19H,7,10-14H2,1H3,(H,26,28). The number of benzene rings is 2. The molecule has 0 spiro atoms. The van der Waals surface area contributed by atoms with Crippen LogP contribution in [0.4, 0.5) is 4.39 Å². The first kappa shape index (κ1) is 20.1. The number of piperidine rings is 1. The molecular weight excluding hydrogens is 383 g/mol. The number of carbonyl (C=O) groups excluding carboxylic acids is 2. The SMILES string of the molecule is Cc1c(C(=O)N2CCC(NC(=O)CCc3ccccc3)CC2)oc2ccc(F)cc12. The maximum Gasteiger partial charge on any atom is 0.289 e. The molecule has 0 aliphatic carbocycles. The van der Waals surface area contributed by atoms with Crippen LogP contribution < -0.4 is 5.32 Å². The molecule has 0 bridgehead atoms. The number of nitrogens with zero attached hydrogens (tertiary/aromatic N) is 1. The predicted molar refractivity (Wildman–Crippen MR) is 113 cm³/mol. The second kappa shape index (κ2) is 8.69. The van der Waals surface area contributed by atoms with Gasteiger partial charge in [0.15, 0.2) is 5.76 Å². The molecule has 1 N–H and O–H groups in total. The fourth-order valence-electron chi connectivity index (χ4n) is 3.97. The van der Waals surface area contributed by atoms with Gasteiger partial charge in [-0.2, -0.15) is 0 Å². The first-order valence-electron chi connectivity index (χ1n) is 10.3. The van der Waals surface area contributed by atoms with Gasteiger partial charge in [0.05, 0.1) is 0 Å². The summed E-state index contributed by atoms with van der Waals surface area (Å²) in [6, 6.07) is 14.3. The zero-order chi connectivity index (χ0) is 21.1. The Hall–Kier alpha value is -3.15. The number of hydrogen-bond acceptors (Lipinski definition) is 3. The molecule has 1 aliphatic rings. The van der Waals surface area contributed by atoms with Gasteiger partial charge in [-0.1, -0.05) is 30.3 Å². The highest BCUT2D eigenvalue weighted by molar-refractivity contribution is 5.99. The lowest BCUT2D eigenvalue weighted by atomic mass is 10.0. The molecule has 1 fully saturated rings. The largest absolute Gasteiger partial charge is 0.451 e. The van der Waals surface area contributed by atoms with Crippen molar-refractivity contribution in [1.29, 1.82) is 0 Å². The molecule has 2 aromatic carbocycles. The monoisotopic (exact) mass is 408 g/mol. The van der Waals surface area contributed by atoms with E-state index in [1.54, 1.807) is 17.9 Å². The average molecular weight is 408 g/mol. The molecule has 0 radical (unpaired) electrons. The van der Waals surface area contributed by atoms with Crippen LogP contribution in [0.5, 0.6) is 0 Å². The Morgan fingerprint density at radius 3 is 2.60 bits per heavy atom. The van der Waals surface area contributed by atoms with Gasteiger partial charge in [-0.05, 0) is 49.9 Å². The van der Waals surface area contributed by atoms with Crippen LogP contribution in [0.2, 0.25) is 0 Å². The Morgan fingerprint density at radius 2 is 1.87 bits per heavy atom. The molecule has 1 saturated heterocycles. The summed E-state index contributed by atoms with van der Waals surface area (Å²) in [7, 11) is 0. The first-order chi connectivity index (χ1) is 14.5. The topological polar surface area (TPSA) is 62.6 Å². The molecule has 2 amide bonds. The van der Waals surface area contributed by atoms with Crippen LogP contribution in [0, 0.1) is 12.7 Å². The summed E-state index contributed by atoms with van der Waals surface area (Å²) in [5, 5.41) is 3.71. The molecule has 6 heteroatoms. The number of carbonyl (C=O) groups is 2. The number of nitrogens with one attached hydrogen (secondary N) is 1. The van der Waals surface area contributed by atoms with Gasteiger partial charge in [-0.3, -0.25) is 9.59 Å². The van der Waals surface area contributed by atoms with Crippen molar-refractivity contribution in [2.75, 3.05) is 13.1 Å². The van der Waals surface area contributed by atoms with Crippen LogP contribution in [0.3, 0.4) is 0 Å². The van der Waals surface area contributed by atoms with Gasteiger partial charge in [0.1, 0.15) is 11.4 Å². The van der Waals surface area contributed by atoms with Gasteiger partial charge in [-0.25, -0.2) is 4.39 Å². The third-order valence-corrected chi connectivity index (χ3v) is 5.72. The maximum absolute atomic E-state index is 13.5. The molecule has 1 aliphatic heterocycles. The number of likely N-dealkylation sites (tertiary alicyclic amines) is 1. The summed E-state index contributed by atoms with van der Waals surface area (Å²) < 4.78 is 19.2. The third-order valence-electron chi connectivity index (χ3n) is 5.72. The number of halogens is 1. The molecule has 30 heavy (non-hydrogen) atoms. The Balaban J connectivity index is 1.30. The summed E-state index contributed by atoms with van der Waals surface area (Å²) in [6.45, 7) is 2.87. The lowest BCUT2D eigenvalue weighted by Crippen LogP contribution is -2.46. The van der Waals surface area contributed by atoms with E-state index in [1.807, 2.05) is 30.3 Å². The zero-order valence-corrected chi connectivity index (χ0v) is 17.0. The van der Waals surface area contributed by atoms with Crippen LogP contribution in [0.25, 0.3) is 11.0 Å². The smallest absolute Gasteiger partial charge is 0.289 e. The van der Waals surface area contributed by atoms with Gasteiger partial charge >= 0.3 is 0 Å². The predicted octanol–water partition coefficient (Wildman–Crippen LogP) is 4.23. The van der Waals surface area contributed by atoms with Gasteiger partial charge in [0, 0.05) is 36.5 Å². The minimum atomic E-state index is -0.353. The van der Waals surface area contributed by atoms with E-state index in [2.05, 4.69) is 5.32 Å². The molecule has 156 valence electrons. The number of amides is 2. The summed E-state index contributed by atoms with van der Waals surface area (Å²) in [5.74, 6) is -0.230. The summed E-state index contributed by atoms with van der Waals surface area (Å²) in [4.78, 5) is 26.9. The van der Waals surface area contributed by atoms with Crippen molar-refractivity contribution < 1.29 is 18.4 Å². The van der Waals surface area contributed by atoms with Gasteiger partial charge in [-0.15, -0.1) is 0 Å². The molecule has 0 unspecified atom stereocenters. The fourth-order valence-corrected chi connectivity index (χ4v) is 3.97. The molecule has 2 heterocycles. The summed E-state index contributed by atoms with van der Waals surface area (Å²) in [6.07, 6.45) is 2.58. The first-order valence-corrected chi connectivity index (χ1v) is 10.3. The van der Waals surface area contributed by atoms with Crippen LogP contribution in [-0.4, -0.2) is 35.8 Å². The van der Waals surface area contributed by atoms with Crippen molar-refractivity contribution in [3.05, 3.63) is 71.2 Å². The van der Waals surface area contributed by atoms with E-state index in [4.69, 9.17) is 4.42 Å². The molecule has 0 atom stereocenters. The van der Waals surface area contributed by atoms with Gasteiger partial charge in [0.25, 0.3) is 5.91 Å². The highest BCUT2D eigenvalue weighted by atomic mass is 19.1. The Bertz CT molecular complexity index is 1050. The quantitative estimate of drug-likeness (QED) is 0.687. The van der Waals surface area contributed by atoms with Crippen LogP contribution >= 0.6 is 0 Å². The van der Waals surface area contributed by atoms with E-state index in [-0.39, 0.29) is 29.4 Å². The van der Waals surface area contributed by atoms with E-state index >= 15 is 0 Å². The second-order valence-corrected chi connectivity index (χ2v) is 7.82. The van der Waals surface area contributed by atoms with Crippen LogP contribution in [0.1, 0.15) is 40.9 Å². The third kappa shape index (κ3) is 4.37. The van der Waals surface area contributed by atoms with E-state index in [9.17, 15) is 14.0 Å². The summed E-state index contributed by atoms with van der Waals surface area (Å²) >= 11 is 0. The molecule has 5 nitrogen and oxygen atoms in total. The number of fused-ring (bicyclic) bond motifs is 1. The van der Waals surface area contributed by atoms with Crippen molar-refractivity contribution in [1.82, 2.24) is 10.2 Å². The lowest BCUT2D eigenvalue weighted by Gasteiger charge is -2.32. The Kier molecular flexibility index (Phi) is 5.84. The lowest BCUT2D eigenvalue weighted by molar-refractivity contribution is -0.122. The molecule has 3 aromatic rings. The van der Waals surface area contributed by atoms with Gasteiger partial charge in [0.2, 0.25) is 5.91 Å². The molecule has 4 rings (SSSR count). The van der Waals surface area contributed by atoms with Crippen molar-refractivity contribution in [3.8, 4) is 0 Å². The van der Waals surface area contributed by atoms with Crippen molar-refractivity contribution in [2.24, 2.45) is 0 Å². The minimum absolute atomic E-state index is 0.0405. The van der Waals surface area contributed by atoms with Crippen molar-refractivity contribution >= 4 is 22.8 Å². The second-order valence-electron chi connectivity index (χ2n) is 7.82. The highest BCUT2D eigenvalue weighted by Crippen LogP contribution is 2.27. The van der Waals surface area contributed by atoms with E-state index in [1.165, 1.54) is 12.1 Å². The average Bonchev–Trinajstić information content (AvgIpc) is 3.09. The van der Waals surface area contributed by atoms with E-state index in [0.29, 0.717) is 48.9 Å². The Labute approximate surface area is 174 Å². The zero-order valence-electron chi connectivity index (χ0n) is 17.0. The fraction of sp³-hybridized carbons (Fsp3) is 0.333. The van der Waals surface area contributed by atoms with Crippen molar-refractivity contribution in [2.45, 2.75) is 38.6 Å². The van der Waals surface area contributed by atoms with Crippen LogP contribution in [0.15, 0.2) is 52.9 Å². The van der Waals surface area contributed by atoms with Crippen LogP contribution in [-0.2, 0) is 11.2 Å². The maximum atomic E-state index is 13.5.